The third-order valence-electron chi connectivity index (χ3n) is 7.12. The lowest BCUT2D eigenvalue weighted by Crippen LogP contribution is -2.49. The number of benzene rings is 1. The standard InChI is InChI=1S/C25H29N7/c26-13-19-12-21(8-9-22(19)17-6-7-17)30-25-29-16-20(14-27)24(31-25)28-15-18-4-3-11-32-10-2-1-5-23(18)32/h8-9,12,16-18,23H,1-7,10-11,15H2,(H2,28,29,30,31). The van der Waals surface area contributed by atoms with Crippen LogP contribution < -0.4 is 10.6 Å². The first-order chi connectivity index (χ1) is 15.7. The SMILES string of the molecule is N#Cc1cc(Nc2ncc(C#N)c(NCC3CCCN4CCCCC34)n2)ccc1C1CC1. The number of rotatable bonds is 6. The minimum absolute atomic E-state index is 0.428. The lowest BCUT2D eigenvalue weighted by molar-refractivity contribution is 0.0649. The maximum absolute atomic E-state index is 9.55. The molecule has 1 aromatic heterocycles. The predicted molar refractivity (Wildman–Crippen MR) is 124 cm³/mol. The molecule has 3 aliphatic rings. The van der Waals surface area contributed by atoms with Crippen LogP contribution >= 0.6 is 0 Å². The summed E-state index contributed by atoms with van der Waals surface area (Å²) in [5.41, 5.74) is 3.07. The molecule has 3 heterocycles. The van der Waals surface area contributed by atoms with E-state index < -0.39 is 0 Å². The zero-order valence-corrected chi connectivity index (χ0v) is 18.3. The van der Waals surface area contributed by atoms with Crippen LogP contribution in [-0.2, 0) is 0 Å². The van der Waals surface area contributed by atoms with Gasteiger partial charge < -0.3 is 15.5 Å². The molecule has 32 heavy (non-hydrogen) atoms. The molecular weight excluding hydrogens is 398 g/mol. The van der Waals surface area contributed by atoms with Crippen LogP contribution in [0.25, 0.3) is 0 Å². The van der Waals surface area contributed by atoms with E-state index in [-0.39, 0.29) is 0 Å². The summed E-state index contributed by atoms with van der Waals surface area (Å²) in [4.78, 5) is 11.6. The van der Waals surface area contributed by atoms with Crippen LogP contribution in [0.15, 0.2) is 24.4 Å². The van der Waals surface area contributed by atoms with Crippen LogP contribution in [0.2, 0.25) is 0 Å². The predicted octanol–water partition coefficient (Wildman–Crippen LogP) is 4.52. The number of hydrogen-bond donors (Lipinski definition) is 2. The van der Waals surface area contributed by atoms with Crippen molar-refractivity contribution in [1.82, 2.24) is 14.9 Å². The van der Waals surface area contributed by atoms with Crippen molar-refractivity contribution in [3.8, 4) is 12.1 Å². The maximum Gasteiger partial charge on any atom is 0.229 e. The quantitative estimate of drug-likeness (QED) is 0.699. The highest BCUT2D eigenvalue weighted by Crippen LogP contribution is 2.42. The number of fused-ring (bicyclic) bond motifs is 1. The highest BCUT2D eigenvalue weighted by Gasteiger charge is 2.33. The molecule has 0 spiro atoms. The minimum atomic E-state index is 0.428. The lowest BCUT2D eigenvalue weighted by atomic mass is 9.83. The van der Waals surface area contributed by atoms with Crippen molar-refractivity contribution < 1.29 is 0 Å². The summed E-state index contributed by atoms with van der Waals surface area (Å²) in [7, 11) is 0. The summed E-state index contributed by atoms with van der Waals surface area (Å²) in [5, 5.41) is 25.7. The third-order valence-corrected chi connectivity index (χ3v) is 7.12. The van der Waals surface area contributed by atoms with E-state index in [1.165, 1.54) is 45.2 Å². The Morgan fingerprint density at radius 2 is 1.84 bits per heavy atom. The van der Waals surface area contributed by atoms with E-state index in [2.05, 4.69) is 37.6 Å². The Hall–Kier alpha value is -3.16. The number of hydrogen-bond acceptors (Lipinski definition) is 7. The van der Waals surface area contributed by atoms with Gasteiger partial charge in [0.2, 0.25) is 5.95 Å². The Morgan fingerprint density at radius 3 is 2.66 bits per heavy atom. The Bertz CT molecular complexity index is 1060. The van der Waals surface area contributed by atoms with Crippen LogP contribution in [0.3, 0.4) is 0 Å². The van der Waals surface area contributed by atoms with Crippen molar-refractivity contribution in [3.05, 3.63) is 41.1 Å². The third kappa shape index (κ3) is 4.40. The van der Waals surface area contributed by atoms with E-state index in [9.17, 15) is 10.5 Å². The second-order valence-electron chi connectivity index (χ2n) is 9.26. The van der Waals surface area contributed by atoms with Crippen molar-refractivity contribution in [2.45, 2.75) is 56.9 Å². The molecule has 7 nitrogen and oxygen atoms in total. The summed E-state index contributed by atoms with van der Waals surface area (Å²) in [6, 6.07) is 11.0. The molecule has 2 atom stereocenters. The molecule has 5 rings (SSSR count). The van der Waals surface area contributed by atoms with Gasteiger partial charge in [0.1, 0.15) is 17.5 Å². The topological polar surface area (TPSA) is 101 Å². The van der Waals surface area contributed by atoms with Gasteiger partial charge in [-0.25, -0.2) is 4.98 Å². The van der Waals surface area contributed by atoms with Gasteiger partial charge >= 0.3 is 0 Å². The summed E-state index contributed by atoms with van der Waals surface area (Å²) in [5.74, 6) is 2.11. The molecule has 7 heteroatoms. The molecule has 1 saturated carbocycles. The fraction of sp³-hybridized carbons (Fsp3) is 0.520. The van der Waals surface area contributed by atoms with Crippen LogP contribution in [0.1, 0.15) is 67.6 Å². The molecule has 2 saturated heterocycles. The fourth-order valence-corrected chi connectivity index (χ4v) is 5.31. The monoisotopic (exact) mass is 427 g/mol. The van der Waals surface area contributed by atoms with Crippen molar-refractivity contribution in [1.29, 1.82) is 10.5 Å². The number of nitrogens with zero attached hydrogens (tertiary/aromatic N) is 5. The molecule has 164 valence electrons. The van der Waals surface area contributed by atoms with Gasteiger partial charge in [0, 0.05) is 18.3 Å². The van der Waals surface area contributed by atoms with E-state index in [1.54, 1.807) is 6.20 Å². The molecule has 2 aliphatic heterocycles. The van der Waals surface area contributed by atoms with E-state index >= 15 is 0 Å². The average molecular weight is 428 g/mol. The molecule has 1 aromatic carbocycles. The number of piperidine rings is 2. The Labute approximate surface area is 189 Å². The van der Waals surface area contributed by atoms with Crippen molar-refractivity contribution in [2.75, 3.05) is 30.3 Å². The molecule has 2 N–H and O–H groups in total. The minimum Gasteiger partial charge on any atom is -0.368 e. The Morgan fingerprint density at radius 1 is 1.00 bits per heavy atom. The van der Waals surface area contributed by atoms with E-state index in [0.29, 0.717) is 40.8 Å². The number of anilines is 3. The molecule has 1 aliphatic carbocycles. The van der Waals surface area contributed by atoms with E-state index in [1.807, 2.05) is 18.2 Å². The molecule has 2 unspecified atom stereocenters. The van der Waals surface area contributed by atoms with Gasteiger partial charge in [-0.15, -0.1) is 0 Å². The van der Waals surface area contributed by atoms with Crippen LogP contribution in [0, 0.1) is 28.6 Å². The summed E-state index contributed by atoms with van der Waals surface area (Å²) >= 11 is 0. The first kappa shape index (κ1) is 20.7. The number of nitriles is 2. The van der Waals surface area contributed by atoms with Gasteiger partial charge in [-0.3, -0.25) is 0 Å². The molecule has 0 radical (unpaired) electrons. The van der Waals surface area contributed by atoms with Crippen molar-refractivity contribution in [2.24, 2.45) is 5.92 Å². The van der Waals surface area contributed by atoms with Gasteiger partial charge in [0.05, 0.1) is 17.8 Å². The van der Waals surface area contributed by atoms with Crippen LogP contribution in [0.4, 0.5) is 17.5 Å². The van der Waals surface area contributed by atoms with E-state index in [4.69, 9.17) is 0 Å². The molecule has 0 amide bonds. The lowest BCUT2D eigenvalue weighted by Gasteiger charge is -2.44. The Kier molecular flexibility index (Phi) is 5.92. The zero-order valence-electron chi connectivity index (χ0n) is 18.3. The largest absolute Gasteiger partial charge is 0.368 e. The first-order valence-electron chi connectivity index (χ1n) is 11.8. The summed E-state index contributed by atoms with van der Waals surface area (Å²) in [6.45, 7) is 3.26. The summed E-state index contributed by atoms with van der Waals surface area (Å²) < 4.78 is 0. The second-order valence-corrected chi connectivity index (χ2v) is 9.26. The Balaban J connectivity index is 1.30. The van der Waals surface area contributed by atoms with Crippen LogP contribution in [-0.4, -0.2) is 40.5 Å². The molecule has 0 bridgehead atoms. The first-order valence-corrected chi connectivity index (χ1v) is 11.8. The number of aromatic nitrogens is 2. The fourth-order valence-electron chi connectivity index (χ4n) is 5.31. The van der Waals surface area contributed by atoms with Gasteiger partial charge in [-0.2, -0.15) is 15.5 Å². The highest BCUT2D eigenvalue weighted by molar-refractivity contribution is 5.61. The van der Waals surface area contributed by atoms with Crippen molar-refractivity contribution in [3.63, 3.8) is 0 Å². The highest BCUT2D eigenvalue weighted by atomic mass is 15.2. The van der Waals surface area contributed by atoms with Gasteiger partial charge in [0.25, 0.3) is 0 Å². The average Bonchev–Trinajstić information content (AvgIpc) is 3.68. The maximum atomic E-state index is 9.55. The molecular formula is C25H29N7. The van der Waals surface area contributed by atoms with Crippen molar-refractivity contribution >= 4 is 17.5 Å². The zero-order chi connectivity index (χ0) is 21.9. The van der Waals surface area contributed by atoms with Gasteiger partial charge in [-0.05, 0) is 81.1 Å². The molecule has 2 aromatic rings. The molecule has 3 fully saturated rings. The van der Waals surface area contributed by atoms with Gasteiger partial charge in [0.15, 0.2) is 0 Å². The normalized spacial score (nSPS) is 22.9. The van der Waals surface area contributed by atoms with E-state index in [0.717, 1.165) is 30.6 Å². The smallest absolute Gasteiger partial charge is 0.229 e. The van der Waals surface area contributed by atoms with Crippen LogP contribution in [0.5, 0.6) is 0 Å². The summed E-state index contributed by atoms with van der Waals surface area (Å²) in [6.07, 6.45) is 10.2. The second kappa shape index (κ2) is 9.14. The van der Waals surface area contributed by atoms with Gasteiger partial charge in [-0.1, -0.05) is 12.5 Å². The number of nitrogens with one attached hydrogen (secondary N) is 2.